The van der Waals surface area contributed by atoms with Crippen LogP contribution >= 0.6 is 24.0 Å². The highest BCUT2D eigenvalue weighted by atomic mass is 127. The number of carbonyl (C=O) groups is 1. The lowest BCUT2D eigenvalue weighted by Gasteiger charge is -2.27. The quantitative estimate of drug-likeness (QED) is 0.297. The second-order valence-corrected chi connectivity index (χ2v) is 7.07. The van der Waals surface area contributed by atoms with Crippen LogP contribution in [-0.2, 0) is 23.2 Å². The van der Waals surface area contributed by atoms with Crippen molar-refractivity contribution in [2.24, 2.45) is 4.99 Å². The van der Waals surface area contributed by atoms with Crippen molar-refractivity contribution < 1.29 is 9.21 Å². The fraction of sp³-hybridized carbons (Fsp3) is 0.429. The number of furan rings is 1. The molecule has 0 fully saturated rings. The van der Waals surface area contributed by atoms with Crippen molar-refractivity contribution in [3.05, 3.63) is 59.5 Å². The first-order chi connectivity index (χ1) is 12.9. The molecule has 0 unspecified atom stereocenters. The fourth-order valence-electron chi connectivity index (χ4n) is 2.64. The number of nitrogens with one attached hydrogen (secondary N) is 3. The van der Waals surface area contributed by atoms with Crippen LogP contribution in [0.1, 0.15) is 37.7 Å². The van der Waals surface area contributed by atoms with Gasteiger partial charge >= 0.3 is 0 Å². The molecule has 1 heterocycles. The molecule has 0 aliphatic heterocycles. The maximum absolute atomic E-state index is 11.9. The van der Waals surface area contributed by atoms with Crippen LogP contribution in [0.2, 0.25) is 0 Å². The molecule has 0 saturated heterocycles. The Bertz CT molecular complexity index is 740. The van der Waals surface area contributed by atoms with Gasteiger partial charge < -0.3 is 20.4 Å². The summed E-state index contributed by atoms with van der Waals surface area (Å²) in [5.74, 6) is 1.20. The van der Waals surface area contributed by atoms with Crippen molar-refractivity contribution >= 4 is 35.8 Å². The fourth-order valence-corrected chi connectivity index (χ4v) is 2.64. The van der Waals surface area contributed by atoms with Gasteiger partial charge in [0.2, 0.25) is 5.91 Å². The van der Waals surface area contributed by atoms with Crippen LogP contribution in [0, 0.1) is 0 Å². The Morgan fingerprint density at radius 3 is 2.39 bits per heavy atom. The summed E-state index contributed by atoms with van der Waals surface area (Å²) in [6.45, 7) is 7.75. The molecule has 0 spiro atoms. The molecule has 3 N–H and O–H groups in total. The number of halogens is 1. The van der Waals surface area contributed by atoms with Gasteiger partial charge in [0.1, 0.15) is 5.76 Å². The lowest BCUT2D eigenvalue weighted by atomic mass is 9.84. The van der Waals surface area contributed by atoms with Gasteiger partial charge in [-0.05, 0) is 29.7 Å². The maximum Gasteiger partial charge on any atom is 0.239 e. The average Bonchev–Trinajstić information content (AvgIpc) is 3.20. The number of benzene rings is 1. The minimum atomic E-state index is -0.122. The Hall–Kier alpha value is -2.03. The zero-order chi connectivity index (χ0) is 19.7. The molecule has 2 rings (SSSR count). The van der Waals surface area contributed by atoms with Crippen LogP contribution in [-0.4, -0.2) is 32.0 Å². The smallest absolute Gasteiger partial charge is 0.239 e. The van der Waals surface area contributed by atoms with Crippen molar-refractivity contribution in [3.63, 3.8) is 0 Å². The van der Waals surface area contributed by atoms with Gasteiger partial charge in [0.05, 0.1) is 19.4 Å². The molecule has 7 heteroatoms. The third-order valence-corrected chi connectivity index (χ3v) is 4.52. The summed E-state index contributed by atoms with van der Waals surface area (Å²) in [6.07, 6.45) is 2.63. The first-order valence-corrected chi connectivity index (χ1v) is 9.27. The van der Waals surface area contributed by atoms with Crippen molar-refractivity contribution in [3.8, 4) is 0 Å². The number of aliphatic imine (C=N–C) groups is 1. The van der Waals surface area contributed by atoms with Crippen molar-refractivity contribution in [1.82, 2.24) is 16.0 Å². The molecule has 0 aliphatic carbocycles. The van der Waals surface area contributed by atoms with Gasteiger partial charge in [-0.25, -0.2) is 0 Å². The Kier molecular flexibility index (Phi) is 10.1. The highest BCUT2D eigenvalue weighted by molar-refractivity contribution is 14.0. The molecule has 0 radical (unpaired) electrons. The molecule has 1 aromatic heterocycles. The van der Waals surface area contributed by atoms with Crippen LogP contribution < -0.4 is 16.0 Å². The summed E-state index contributed by atoms with van der Waals surface area (Å²) in [5, 5.41) is 9.14. The number of rotatable bonds is 8. The van der Waals surface area contributed by atoms with E-state index in [-0.39, 0.29) is 41.8 Å². The molecule has 154 valence electrons. The highest BCUT2D eigenvalue weighted by Crippen LogP contribution is 2.22. The molecule has 0 atom stereocenters. The van der Waals surface area contributed by atoms with Gasteiger partial charge in [0.15, 0.2) is 5.96 Å². The Morgan fingerprint density at radius 2 is 1.82 bits per heavy atom. The molecule has 1 amide bonds. The van der Waals surface area contributed by atoms with Crippen LogP contribution in [0.5, 0.6) is 0 Å². The largest absolute Gasteiger partial charge is 0.467 e. The van der Waals surface area contributed by atoms with E-state index >= 15 is 0 Å². The third-order valence-electron chi connectivity index (χ3n) is 4.52. The summed E-state index contributed by atoms with van der Waals surface area (Å²) in [4.78, 5) is 16.1. The number of nitrogens with zero attached hydrogens (tertiary/aromatic N) is 1. The molecule has 0 aliphatic rings. The van der Waals surface area contributed by atoms with E-state index in [9.17, 15) is 4.79 Å². The van der Waals surface area contributed by atoms with Gasteiger partial charge in [-0.3, -0.25) is 9.79 Å². The summed E-state index contributed by atoms with van der Waals surface area (Å²) in [5.41, 5.74) is 2.53. The van der Waals surface area contributed by atoms with Gasteiger partial charge in [-0.1, -0.05) is 45.0 Å². The minimum Gasteiger partial charge on any atom is -0.467 e. The van der Waals surface area contributed by atoms with Gasteiger partial charge in [0.25, 0.3) is 0 Å². The first-order valence-electron chi connectivity index (χ1n) is 9.27. The van der Waals surface area contributed by atoms with Crippen LogP contribution in [0.4, 0.5) is 0 Å². The van der Waals surface area contributed by atoms with Gasteiger partial charge in [-0.2, -0.15) is 0 Å². The maximum atomic E-state index is 11.9. The van der Waals surface area contributed by atoms with Crippen LogP contribution in [0.15, 0.2) is 52.1 Å². The number of hydrogen-bond donors (Lipinski definition) is 3. The van der Waals surface area contributed by atoms with E-state index in [1.165, 1.54) is 11.1 Å². The molecule has 6 nitrogen and oxygen atoms in total. The van der Waals surface area contributed by atoms with Gasteiger partial charge in [0, 0.05) is 19.0 Å². The Morgan fingerprint density at radius 1 is 1.11 bits per heavy atom. The molecular weight excluding hydrogens is 467 g/mol. The molecule has 1 aromatic carbocycles. The first kappa shape index (κ1) is 24.0. The number of hydrogen-bond acceptors (Lipinski definition) is 3. The van der Waals surface area contributed by atoms with E-state index in [1.807, 2.05) is 6.07 Å². The van der Waals surface area contributed by atoms with Crippen molar-refractivity contribution in [2.75, 3.05) is 20.1 Å². The normalized spacial score (nSPS) is 11.5. The van der Waals surface area contributed by atoms with Crippen molar-refractivity contribution in [2.45, 2.75) is 39.2 Å². The number of aryl methyl sites for hydroxylation is 1. The van der Waals surface area contributed by atoms with E-state index in [0.29, 0.717) is 19.0 Å². The second kappa shape index (κ2) is 11.7. The van der Waals surface area contributed by atoms with E-state index in [2.05, 4.69) is 66.0 Å². The number of guanidine groups is 1. The van der Waals surface area contributed by atoms with Gasteiger partial charge in [-0.15, -0.1) is 24.0 Å². The van der Waals surface area contributed by atoms with E-state index in [0.717, 1.165) is 12.2 Å². The third kappa shape index (κ3) is 7.53. The predicted molar refractivity (Wildman–Crippen MR) is 124 cm³/mol. The number of amides is 1. The van der Waals surface area contributed by atoms with Crippen LogP contribution in [0.3, 0.4) is 0 Å². The van der Waals surface area contributed by atoms with Crippen LogP contribution in [0.25, 0.3) is 0 Å². The highest BCUT2D eigenvalue weighted by Gasteiger charge is 2.21. The summed E-state index contributed by atoms with van der Waals surface area (Å²) in [6, 6.07) is 12.3. The summed E-state index contributed by atoms with van der Waals surface area (Å²) in [7, 11) is 1.69. The van der Waals surface area contributed by atoms with E-state index in [4.69, 9.17) is 4.42 Å². The zero-order valence-corrected chi connectivity index (χ0v) is 19.4. The molecule has 2 aromatic rings. The molecule has 0 saturated carbocycles. The lowest BCUT2D eigenvalue weighted by molar-refractivity contribution is -0.120. The second-order valence-electron chi connectivity index (χ2n) is 7.07. The average molecular weight is 498 g/mol. The number of carbonyl (C=O) groups excluding carboxylic acids is 1. The summed E-state index contributed by atoms with van der Waals surface area (Å²) < 4.78 is 5.19. The lowest BCUT2D eigenvalue weighted by Crippen LogP contribution is -2.46. The molecule has 0 bridgehead atoms. The zero-order valence-electron chi connectivity index (χ0n) is 17.0. The topological polar surface area (TPSA) is 78.7 Å². The summed E-state index contributed by atoms with van der Waals surface area (Å²) >= 11 is 0. The minimum absolute atomic E-state index is 0. The Labute approximate surface area is 184 Å². The standard InChI is InChI=1S/C21H30N4O2.HI/c1-5-16-8-10-17(11-9-16)21(2,3)15-25-20(22-4)24-14-19(26)23-13-18-7-6-12-27-18;/h6-12H,5,13-15H2,1-4H3,(H,23,26)(H2,22,24,25);1H. The van der Waals surface area contributed by atoms with E-state index in [1.54, 1.807) is 19.4 Å². The van der Waals surface area contributed by atoms with E-state index < -0.39 is 0 Å². The predicted octanol–water partition coefficient (Wildman–Crippen LogP) is 3.22. The Balaban J connectivity index is 0.00000392. The SMILES string of the molecule is CCc1ccc(C(C)(C)CNC(=NC)NCC(=O)NCc2ccco2)cc1.I. The molecule has 28 heavy (non-hydrogen) atoms. The monoisotopic (exact) mass is 498 g/mol. The van der Waals surface area contributed by atoms with Crippen molar-refractivity contribution in [1.29, 1.82) is 0 Å². The molecular formula is C21H31IN4O2.